The number of nitrogens with one attached hydrogen (secondary N) is 2. The number of imidazole rings is 1. The van der Waals surface area contributed by atoms with Gasteiger partial charge < -0.3 is 21.1 Å². The summed E-state index contributed by atoms with van der Waals surface area (Å²) in [7, 11) is 0. The second-order valence-electron chi connectivity index (χ2n) is 4.96. The van der Waals surface area contributed by atoms with Gasteiger partial charge in [-0.2, -0.15) is 0 Å². The Morgan fingerprint density at radius 1 is 1.50 bits per heavy atom. The number of nitrogens with zero attached hydrogens (tertiary/aromatic N) is 1. The van der Waals surface area contributed by atoms with Gasteiger partial charge >= 0.3 is 5.97 Å². The van der Waals surface area contributed by atoms with E-state index in [1.807, 2.05) is 6.92 Å². The number of carbonyl (C=O) groups is 2. The fraction of sp³-hybridized carbons (Fsp3) is 0.615. The molecule has 112 valence electrons. The van der Waals surface area contributed by atoms with Crippen LogP contribution in [-0.2, 0) is 16.0 Å². The van der Waals surface area contributed by atoms with Crippen LogP contribution < -0.4 is 11.1 Å². The first-order valence-corrected chi connectivity index (χ1v) is 6.72. The van der Waals surface area contributed by atoms with Gasteiger partial charge in [-0.3, -0.25) is 4.79 Å². The number of aromatic amines is 1. The highest BCUT2D eigenvalue weighted by atomic mass is 16.4. The van der Waals surface area contributed by atoms with Crippen LogP contribution in [0.3, 0.4) is 0 Å². The fourth-order valence-electron chi connectivity index (χ4n) is 1.89. The fourth-order valence-corrected chi connectivity index (χ4v) is 1.89. The first-order valence-electron chi connectivity index (χ1n) is 6.72. The first-order chi connectivity index (χ1) is 9.52. The van der Waals surface area contributed by atoms with Crippen molar-refractivity contribution < 1.29 is 14.7 Å². The van der Waals surface area contributed by atoms with Crippen LogP contribution in [0.5, 0.6) is 0 Å². The van der Waals surface area contributed by atoms with Crippen LogP contribution in [0.25, 0.3) is 0 Å². The lowest BCUT2D eigenvalue weighted by Crippen LogP contribution is -2.42. The van der Waals surface area contributed by atoms with Gasteiger partial charge in [0.15, 0.2) is 0 Å². The highest BCUT2D eigenvalue weighted by molar-refractivity contribution is 5.83. The molecule has 0 fully saturated rings. The number of hydrogen-bond acceptors (Lipinski definition) is 4. The zero-order chi connectivity index (χ0) is 15.0. The normalized spacial score (nSPS) is 13.7. The summed E-state index contributed by atoms with van der Waals surface area (Å²) in [4.78, 5) is 29.5. The van der Waals surface area contributed by atoms with Gasteiger partial charge in [-0.1, -0.05) is 6.92 Å². The highest BCUT2D eigenvalue weighted by Gasteiger charge is 2.21. The molecule has 1 aromatic rings. The number of aliphatic carboxylic acids is 1. The monoisotopic (exact) mass is 282 g/mol. The van der Waals surface area contributed by atoms with E-state index in [2.05, 4.69) is 15.3 Å². The third-order valence-corrected chi connectivity index (χ3v) is 3.14. The number of nitrogens with two attached hydrogens (primary N) is 1. The first kappa shape index (κ1) is 16.2. The molecule has 20 heavy (non-hydrogen) atoms. The zero-order valence-electron chi connectivity index (χ0n) is 11.6. The number of amides is 1. The van der Waals surface area contributed by atoms with Gasteiger partial charge in [0.2, 0.25) is 5.91 Å². The van der Waals surface area contributed by atoms with Gasteiger partial charge in [-0.25, -0.2) is 9.78 Å². The standard InChI is InChI=1S/C13H22N4O3/c1-9(4-5-14)2-3-12(18)17-11(13(19)20)6-10-7-15-8-16-10/h7-9,11H,2-6,14H2,1H3,(H,15,16)(H,17,18)(H,19,20)/t9?,11-/m1/s1. The Bertz CT molecular complexity index is 419. The predicted octanol–water partition coefficient (Wildman–Crippen LogP) is 0.287. The molecule has 0 aliphatic carbocycles. The Kier molecular flexibility index (Phi) is 6.72. The topological polar surface area (TPSA) is 121 Å². The van der Waals surface area contributed by atoms with Crippen molar-refractivity contribution in [2.24, 2.45) is 11.7 Å². The second-order valence-corrected chi connectivity index (χ2v) is 4.96. The van der Waals surface area contributed by atoms with E-state index in [1.165, 1.54) is 6.33 Å². The average Bonchev–Trinajstić information content (AvgIpc) is 2.89. The highest BCUT2D eigenvalue weighted by Crippen LogP contribution is 2.09. The maximum atomic E-state index is 11.8. The molecule has 0 aliphatic rings. The summed E-state index contributed by atoms with van der Waals surface area (Å²) in [6.07, 6.45) is 5.10. The minimum atomic E-state index is -1.05. The molecule has 1 heterocycles. The summed E-state index contributed by atoms with van der Waals surface area (Å²) < 4.78 is 0. The van der Waals surface area contributed by atoms with Crippen LogP contribution in [-0.4, -0.2) is 39.5 Å². The Labute approximate surface area is 118 Å². The van der Waals surface area contributed by atoms with Crippen LogP contribution in [0, 0.1) is 5.92 Å². The summed E-state index contributed by atoms with van der Waals surface area (Å²) >= 11 is 0. The molecule has 1 unspecified atom stereocenters. The van der Waals surface area contributed by atoms with E-state index in [9.17, 15) is 9.59 Å². The third-order valence-electron chi connectivity index (χ3n) is 3.14. The molecule has 5 N–H and O–H groups in total. The molecule has 0 bridgehead atoms. The van der Waals surface area contributed by atoms with Gasteiger partial charge in [-0.15, -0.1) is 0 Å². The van der Waals surface area contributed by atoms with E-state index in [-0.39, 0.29) is 12.3 Å². The zero-order valence-corrected chi connectivity index (χ0v) is 11.6. The van der Waals surface area contributed by atoms with Crippen molar-refractivity contribution in [1.29, 1.82) is 0 Å². The van der Waals surface area contributed by atoms with Gasteiger partial charge in [0.25, 0.3) is 0 Å². The molecular formula is C13H22N4O3. The lowest BCUT2D eigenvalue weighted by atomic mass is 10.0. The number of carboxylic acid groups (broad SMARTS) is 1. The molecular weight excluding hydrogens is 260 g/mol. The molecule has 7 heteroatoms. The van der Waals surface area contributed by atoms with E-state index < -0.39 is 12.0 Å². The van der Waals surface area contributed by atoms with E-state index in [0.29, 0.717) is 31.0 Å². The maximum absolute atomic E-state index is 11.8. The van der Waals surface area contributed by atoms with E-state index >= 15 is 0 Å². The van der Waals surface area contributed by atoms with Crippen molar-refractivity contribution in [3.05, 3.63) is 18.2 Å². The molecule has 1 amide bonds. The molecule has 0 radical (unpaired) electrons. The SMILES string of the molecule is CC(CCN)CCC(=O)N[C@H](Cc1cnc[nH]1)C(=O)O. The van der Waals surface area contributed by atoms with Crippen LogP contribution in [0.4, 0.5) is 0 Å². The molecule has 0 spiro atoms. The number of rotatable bonds is 9. The van der Waals surface area contributed by atoms with Crippen molar-refractivity contribution in [1.82, 2.24) is 15.3 Å². The largest absolute Gasteiger partial charge is 0.480 e. The molecule has 0 aliphatic heterocycles. The van der Waals surface area contributed by atoms with Crippen molar-refractivity contribution in [3.63, 3.8) is 0 Å². The van der Waals surface area contributed by atoms with Gasteiger partial charge in [-0.05, 0) is 25.3 Å². The van der Waals surface area contributed by atoms with Crippen molar-refractivity contribution in [3.8, 4) is 0 Å². The Morgan fingerprint density at radius 3 is 2.80 bits per heavy atom. The van der Waals surface area contributed by atoms with Crippen LogP contribution in [0.2, 0.25) is 0 Å². The molecule has 0 aromatic carbocycles. The number of carbonyl (C=O) groups excluding carboxylic acids is 1. The number of H-pyrrole nitrogens is 1. The second kappa shape index (κ2) is 8.31. The number of carboxylic acids is 1. The van der Waals surface area contributed by atoms with Crippen molar-refractivity contribution in [2.75, 3.05) is 6.54 Å². The minimum absolute atomic E-state index is 0.194. The predicted molar refractivity (Wildman–Crippen MR) is 73.9 cm³/mol. The lowest BCUT2D eigenvalue weighted by Gasteiger charge is -2.15. The Hall–Kier alpha value is -1.89. The van der Waals surface area contributed by atoms with Crippen LogP contribution in [0.1, 0.15) is 31.9 Å². The van der Waals surface area contributed by atoms with Gasteiger partial charge in [0.05, 0.1) is 6.33 Å². The van der Waals surface area contributed by atoms with Crippen LogP contribution >= 0.6 is 0 Å². The summed E-state index contributed by atoms with van der Waals surface area (Å²) in [5.74, 6) is -0.939. The summed E-state index contributed by atoms with van der Waals surface area (Å²) in [6.45, 7) is 2.62. The molecule has 1 aromatic heterocycles. The Balaban J connectivity index is 2.41. The summed E-state index contributed by atoms with van der Waals surface area (Å²) in [5.41, 5.74) is 6.12. The molecule has 0 saturated carbocycles. The third kappa shape index (κ3) is 5.83. The van der Waals surface area contributed by atoms with E-state index in [0.717, 1.165) is 6.42 Å². The average molecular weight is 282 g/mol. The van der Waals surface area contributed by atoms with E-state index in [1.54, 1.807) is 6.20 Å². The summed E-state index contributed by atoms with van der Waals surface area (Å²) in [5, 5.41) is 11.7. The molecule has 7 nitrogen and oxygen atoms in total. The summed E-state index contributed by atoms with van der Waals surface area (Å²) in [6, 6.07) is -0.937. The number of hydrogen-bond donors (Lipinski definition) is 4. The number of aromatic nitrogens is 2. The maximum Gasteiger partial charge on any atom is 0.326 e. The molecule has 0 saturated heterocycles. The van der Waals surface area contributed by atoms with Gasteiger partial charge in [0.1, 0.15) is 6.04 Å². The van der Waals surface area contributed by atoms with Crippen molar-refractivity contribution >= 4 is 11.9 Å². The lowest BCUT2D eigenvalue weighted by molar-refractivity contribution is -0.141. The minimum Gasteiger partial charge on any atom is -0.480 e. The quantitative estimate of drug-likeness (QED) is 0.518. The Morgan fingerprint density at radius 2 is 2.25 bits per heavy atom. The van der Waals surface area contributed by atoms with Crippen molar-refractivity contribution in [2.45, 2.75) is 38.6 Å². The van der Waals surface area contributed by atoms with E-state index in [4.69, 9.17) is 10.8 Å². The molecule has 2 atom stereocenters. The van der Waals surface area contributed by atoms with Gasteiger partial charge in [0, 0.05) is 24.7 Å². The molecule has 1 rings (SSSR count). The smallest absolute Gasteiger partial charge is 0.326 e. The van der Waals surface area contributed by atoms with Crippen LogP contribution in [0.15, 0.2) is 12.5 Å².